The topological polar surface area (TPSA) is 40.6 Å². The predicted molar refractivity (Wildman–Crippen MR) is 127 cm³/mol. The molecule has 1 saturated heterocycles. The van der Waals surface area contributed by atoms with Crippen molar-refractivity contribution < 1.29 is 8.42 Å². The van der Waals surface area contributed by atoms with Crippen molar-refractivity contribution in [3.63, 3.8) is 0 Å². The molecule has 156 valence electrons. The number of anilines is 1. The summed E-state index contributed by atoms with van der Waals surface area (Å²) < 4.78 is 26.7. The number of hydrogen-bond donors (Lipinski definition) is 0. The predicted octanol–water partition coefficient (Wildman–Crippen LogP) is 4.37. The standard InChI is InChI=1S/C26H24N2O2S/c29-31(30,22-8-7-11-23-9-3-1-4-10-23)28-20-18-27(19-21-28)26-16-14-25(15-17-26)24-12-5-2-6-13-24/h1-6,8-10,12-17,22H,18-21H2/b22-8+. The maximum Gasteiger partial charge on any atom is 0.236 e. The van der Waals surface area contributed by atoms with Gasteiger partial charge < -0.3 is 4.90 Å². The Kier molecular flexibility index (Phi) is 6.51. The van der Waals surface area contributed by atoms with Crippen molar-refractivity contribution in [1.29, 1.82) is 0 Å². The van der Waals surface area contributed by atoms with E-state index in [9.17, 15) is 8.42 Å². The molecule has 4 rings (SSSR count). The summed E-state index contributed by atoms with van der Waals surface area (Å²) in [5.74, 6) is 5.74. The van der Waals surface area contributed by atoms with Crippen LogP contribution in [0.2, 0.25) is 0 Å². The summed E-state index contributed by atoms with van der Waals surface area (Å²) in [5, 5.41) is 1.20. The fourth-order valence-corrected chi connectivity index (χ4v) is 4.63. The maximum atomic E-state index is 12.6. The van der Waals surface area contributed by atoms with E-state index in [4.69, 9.17) is 0 Å². The Morgan fingerprint density at radius 1 is 0.710 bits per heavy atom. The third kappa shape index (κ3) is 5.43. The molecule has 0 aromatic heterocycles. The summed E-state index contributed by atoms with van der Waals surface area (Å²) in [5.41, 5.74) is 4.33. The van der Waals surface area contributed by atoms with Crippen LogP contribution in [0, 0.1) is 11.8 Å². The van der Waals surface area contributed by atoms with Gasteiger partial charge in [-0.3, -0.25) is 0 Å². The van der Waals surface area contributed by atoms with E-state index in [0.29, 0.717) is 26.2 Å². The van der Waals surface area contributed by atoms with Gasteiger partial charge in [0.25, 0.3) is 0 Å². The number of nitrogens with zero attached hydrogens (tertiary/aromatic N) is 2. The van der Waals surface area contributed by atoms with Gasteiger partial charge in [-0.1, -0.05) is 72.5 Å². The van der Waals surface area contributed by atoms with E-state index in [1.165, 1.54) is 26.9 Å². The minimum absolute atomic E-state index is 0.458. The number of benzene rings is 3. The third-order valence-corrected chi connectivity index (χ3v) is 6.82. The van der Waals surface area contributed by atoms with Crippen LogP contribution in [0.4, 0.5) is 5.69 Å². The van der Waals surface area contributed by atoms with Gasteiger partial charge in [0.05, 0.1) is 5.41 Å². The zero-order valence-electron chi connectivity index (χ0n) is 17.2. The van der Waals surface area contributed by atoms with Crippen LogP contribution in [0.5, 0.6) is 0 Å². The molecular formula is C26H24N2O2S. The summed E-state index contributed by atoms with van der Waals surface area (Å²) in [6.07, 6.45) is 1.41. The van der Waals surface area contributed by atoms with Gasteiger partial charge in [0, 0.05) is 43.5 Å². The molecule has 0 atom stereocenters. The van der Waals surface area contributed by atoms with E-state index in [1.807, 2.05) is 48.5 Å². The molecule has 1 fully saturated rings. The Labute approximate surface area is 184 Å². The first kappa shape index (κ1) is 20.9. The maximum absolute atomic E-state index is 12.6. The first-order valence-electron chi connectivity index (χ1n) is 10.3. The fourth-order valence-electron chi connectivity index (χ4n) is 3.55. The van der Waals surface area contributed by atoms with Gasteiger partial charge in [0.2, 0.25) is 10.0 Å². The van der Waals surface area contributed by atoms with Crippen molar-refractivity contribution in [2.75, 3.05) is 31.1 Å². The van der Waals surface area contributed by atoms with Crippen LogP contribution in [0.3, 0.4) is 0 Å². The molecule has 0 N–H and O–H groups in total. The van der Waals surface area contributed by atoms with E-state index in [2.05, 4.69) is 53.1 Å². The van der Waals surface area contributed by atoms with E-state index in [1.54, 1.807) is 0 Å². The molecule has 0 spiro atoms. The molecule has 0 aliphatic carbocycles. The van der Waals surface area contributed by atoms with E-state index < -0.39 is 10.0 Å². The lowest BCUT2D eigenvalue weighted by atomic mass is 10.1. The molecule has 0 saturated carbocycles. The van der Waals surface area contributed by atoms with Gasteiger partial charge >= 0.3 is 0 Å². The highest BCUT2D eigenvalue weighted by molar-refractivity contribution is 7.92. The van der Waals surface area contributed by atoms with Gasteiger partial charge in [0.15, 0.2) is 0 Å². The van der Waals surface area contributed by atoms with Crippen molar-refractivity contribution in [3.05, 3.63) is 102 Å². The molecule has 0 unspecified atom stereocenters. The van der Waals surface area contributed by atoms with Crippen LogP contribution in [0.1, 0.15) is 5.56 Å². The molecule has 1 heterocycles. The number of piperazine rings is 1. The van der Waals surface area contributed by atoms with Crippen molar-refractivity contribution in [1.82, 2.24) is 4.31 Å². The van der Waals surface area contributed by atoms with Crippen molar-refractivity contribution in [2.24, 2.45) is 0 Å². The molecule has 0 amide bonds. The zero-order chi connectivity index (χ0) is 21.5. The minimum Gasteiger partial charge on any atom is -0.369 e. The van der Waals surface area contributed by atoms with Crippen LogP contribution in [-0.4, -0.2) is 38.9 Å². The Hall–Kier alpha value is -3.33. The van der Waals surface area contributed by atoms with Gasteiger partial charge in [-0.15, -0.1) is 0 Å². The molecule has 3 aromatic carbocycles. The number of hydrogen-bond acceptors (Lipinski definition) is 3. The second-order valence-electron chi connectivity index (χ2n) is 7.28. The van der Waals surface area contributed by atoms with Gasteiger partial charge in [-0.05, 0) is 35.4 Å². The van der Waals surface area contributed by atoms with Crippen molar-refractivity contribution in [3.8, 4) is 23.0 Å². The second-order valence-corrected chi connectivity index (χ2v) is 9.10. The monoisotopic (exact) mass is 428 g/mol. The molecule has 0 bridgehead atoms. The Morgan fingerprint density at radius 2 is 1.29 bits per heavy atom. The lowest BCUT2D eigenvalue weighted by Crippen LogP contribution is -2.48. The number of sulfonamides is 1. The first-order chi connectivity index (χ1) is 15.1. The molecule has 5 heteroatoms. The average molecular weight is 429 g/mol. The van der Waals surface area contributed by atoms with E-state index in [0.717, 1.165) is 11.3 Å². The molecule has 3 aromatic rings. The molecule has 1 aliphatic heterocycles. The fraction of sp³-hybridized carbons (Fsp3) is 0.154. The second kappa shape index (κ2) is 9.65. The molecule has 1 aliphatic rings. The summed E-state index contributed by atoms with van der Waals surface area (Å²) in [7, 11) is -3.46. The Bertz CT molecular complexity index is 1190. The molecule has 0 radical (unpaired) electrons. The van der Waals surface area contributed by atoms with E-state index in [-0.39, 0.29) is 0 Å². The highest BCUT2D eigenvalue weighted by Crippen LogP contribution is 2.24. The lowest BCUT2D eigenvalue weighted by Gasteiger charge is -2.34. The number of allylic oxidation sites excluding steroid dienone is 1. The molecular weight excluding hydrogens is 404 g/mol. The van der Waals surface area contributed by atoms with Gasteiger partial charge in [0.1, 0.15) is 0 Å². The number of rotatable bonds is 4. The van der Waals surface area contributed by atoms with Gasteiger partial charge in [-0.2, -0.15) is 4.31 Å². The Morgan fingerprint density at radius 3 is 1.94 bits per heavy atom. The highest BCUT2D eigenvalue weighted by Gasteiger charge is 2.25. The first-order valence-corrected chi connectivity index (χ1v) is 11.8. The van der Waals surface area contributed by atoms with Crippen LogP contribution < -0.4 is 4.90 Å². The quantitative estimate of drug-likeness (QED) is 0.580. The normalized spacial score (nSPS) is 14.9. The molecule has 4 nitrogen and oxygen atoms in total. The summed E-state index contributed by atoms with van der Waals surface area (Å²) in [6, 6.07) is 28.2. The van der Waals surface area contributed by atoms with Crippen LogP contribution in [-0.2, 0) is 10.0 Å². The zero-order valence-corrected chi connectivity index (χ0v) is 18.0. The van der Waals surface area contributed by atoms with Crippen molar-refractivity contribution >= 4 is 15.7 Å². The summed E-state index contributed by atoms with van der Waals surface area (Å²) in [4.78, 5) is 2.22. The smallest absolute Gasteiger partial charge is 0.236 e. The van der Waals surface area contributed by atoms with Crippen LogP contribution in [0.15, 0.2) is 96.4 Å². The van der Waals surface area contributed by atoms with Gasteiger partial charge in [-0.25, -0.2) is 8.42 Å². The largest absolute Gasteiger partial charge is 0.369 e. The SMILES string of the molecule is O=S(=O)(/C=C/C#Cc1ccccc1)N1CCN(c2ccc(-c3ccccc3)cc2)CC1. The summed E-state index contributed by atoms with van der Waals surface area (Å²) >= 11 is 0. The Balaban J connectivity index is 1.34. The highest BCUT2D eigenvalue weighted by atomic mass is 32.2. The van der Waals surface area contributed by atoms with E-state index >= 15 is 0 Å². The third-order valence-electron chi connectivity index (χ3n) is 5.25. The summed E-state index contributed by atoms with van der Waals surface area (Å²) in [6.45, 7) is 2.24. The average Bonchev–Trinajstić information content (AvgIpc) is 2.83. The van der Waals surface area contributed by atoms with Crippen LogP contribution in [0.25, 0.3) is 11.1 Å². The minimum atomic E-state index is -3.46. The lowest BCUT2D eigenvalue weighted by molar-refractivity contribution is 0.390. The van der Waals surface area contributed by atoms with Crippen LogP contribution >= 0.6 is 0 Å². The van der Waals surface area contributed by atoms with Crippen molar-refractivity contribution in [2.45, 2.75) is 0 Å². The molecule has 31 heavy (non-hydrogen) atoms.